The van der Waals surface area contributed by atoms with Crippen LogP contribution >= 0.6 is 0 Å². The van der Waals surface area contributed by atoms with Crippen LogP contribution in [0.5, 0.6) is 0 Å². The quantitative estimate of drug-likeness (QED) is 0.594. The van der Waals surface area contributed by atoms with Gasteiger partial charge in [-0.3, -0.25) is 9.59 Å². The molecule has 0 aliphatic rings. The Kier molecular flexibility index (Phi) is 4.67. The molecule has 108 valence electrons. The van der Waals surface area contributed by atoms with E-state index < -0.39 is 5.97 Å². The third kappa shape index (κ3) is 3.45. The van der Waals surface area contributed by atoms with E-state index in [-0.39, 0.29) is 31.8 Å². The molecule has 6 heteroatoms. The van der Waals surface area contributed by atoms with Gasteiger partial charge in [-0.05, 0) is 19.1 Å². The molecule has 0 radical (unpaired) electrons. The number of hydrogen-bond donors (Lipinski definition) is 0. The highest BCUT2D eigenvalue weighted by atomic mass is 16.5. The first-order valence-corrected chi connectivity index (χ1v) is 6.64. The van der Waals surface area contributed by atoms with Crippen molar-refractivity contribution in [3.05, 3.63) is 30.1 Å². The Labute approximate surface area is 122 Å². The molecule has 0 saturated carbocycles. The highest BCUT2D eigenvalue weighted by molar-refractivity contribution is 5.96. The Hall–Kier alpha value is -2.68. The van der Waals surface area contributed by atoms with E-state index in [2.05, 4.69) is 4.98 Å². The van der Waals surface area contributed by atoms with E-state index in [1.165, 1.54) is 0 Å². The Balaban J connectivity index is 2.24. The summed E-state index contributed by atoms with van der Waals surface area (Å²) >= 11 is 0. The number of ether oxygens (including phenoxy) is 1. The van der Waals surface area contributed by atoms with Crippen molar-refractivity contribution in [1.82, 2.24) is 9.55 Å². The van der Waals surface area contributed by atoms with Gasteiger partial charge in [-0.25, -0.2) is 4.98 Å². The number of para-hydroxylation sites is 2. The number of aromatic nitrogens is 2. The van der Waals surface area contributed by atoms with E-state index in [0.717, 1.165) is 11.0 Å². The summed E-state index contributed by atoms with van der Waals surface area (Å²) in [6.45, 7) is 1.95. The normalized spacial score (nSPS) is 10.3. The van der Waals surface area contributed by atoms with Crippen LogP contribution in [0.2, 0.25) is 0 Å². The number of Topliss-reactive ketones (excluding diaryl/α,β-unsaturated/α-hetero) is 1. The largest absolute Gasteiger partial charge is 0.466 e. The second kappa shape index (κ2) is 6.66. The number of carbonyl (C=O) groups excluding carboxylic acids is 2. The maximum atomic E-state index is 12.0. The van der Waals surface area contributed by atoms with Crippen LogP contribution in [0.3, 0.4) is 0 Å². The first-order valence-electron chi connectivity index (χ1n) is 6.64. The zero-order chi connectivity index (χ0) is 15.2. The molecule has 6 nitrogen and oxygen atoms in total. The van der Waals surface area contributed by atoms with Crippen molar-refractivity contribution >= 4 is 22.8 Å². The highest BCUT2D eigenvalue weighted by Gasteiger charge is 2.16. The minimum Gasteiger partial charge on any atom is -0.466 e. The summed E-state index contributed by atoms with van der Waals surface area (Å²) in [5, 5.41) is 8.86. The minimum absolute atomic E-state index is 0.0103. The predicted octanol–water partition coefficient (Wildman–Crippen LogP) is 1.62. The van der Waals surface area contributed by atoms with Crippen molar-refractivity contribution in [2.45, 2.75) is 26.3 Å². The van der Waals surface area contributed by atoms with Gasteiger partial charge in [0.2, 0.25) is 0 Å². The van der Waals surface area contributed by atoms with Gasteiger partial charge in [0.05, 0.1) is 36.7 Å². The molecule has 2 rings (SSSR count). The fourth-order valence-electron chi connectivity index (χ4n) is 2.11. The SMILES string of the molecule is CCOC(=O)CC(=O)Cn1c(CC#N)nc2ccccc21. The molecule has 0 amide bonds. The van der Waals surface area contributed by atoms with Crippen LogP contribution in [-0.4, -0.2) is 27.9 Å². The third-order valence-corrected chi connectivity index (χ3v) is 2.95. The Bertz CT molecular complexity index is 713. The highest BCUT2D eigenvalue weighted by Crippen LogP contribution is 2.16. The van der Waals surface area contributed by atoms with Crippen LogP contribution < -0.4 is 0 Å². The van der Waals surface area contributed by atoms with E-state index in [0.29, 0.717) is 5.82 Å². The zero-order valence-electron chi connectivity index (χ0n) is 11.7. The molecule has 0 aliphatic carbocycles. The number of carbonyl (C=O) groups is 2. The lowest BCUT2D eigenvalue weighted by Gasteiger charge is -2.06. The lowest BCUT2D eigenvalue weighted by Crippen LogP contribution is -2.17. The van der Waals surface area contributed by atoms with E-state index in [9.17, 15) is 9.59 Å². The number of benzene rings is 1. The van der Waals surface area contributed by atoms with Crippen molar-refractivity contribution in [3.63, 3.8) is 0 Å². The summed E-state index contributed by atoms with van der Waals surface area (Å²) in [5.74, 6) is -0.277. The average molecular weight is 285 g/mol. The maximum absolute atomic E-state index is 12.0. The summed E-state index contributed by atoms with van der Waals surface area (Å²) in [6.07, 6.45) is -0.159. The molecule has 1 aromatic carbocycles. The maximum Gasteiger partial charge on any atom is 0.313 e. The average Bonchev–Trinajstić information content (AvgIpc) is 2.77. The molecular weight excluding hydrogens is 270 g/mol. The van der Waals surface area contributed by atoms with Crippen LogP contribution in [0.1, 0.15) is 19.2 Å². The van der Waals surface area contributed by atoms with Crippen LogP contribution in [0, 0.1) is 11.3 Å². The van der Waals surface area contributed by atoms with Gasteiger partial charge in [-0.15, -0.1) is 0 Å². The van der Waals surface area contributed by atoms with Gasteiger partial charge < -0.3 is 9.30 Å². The van der Waals surface area contributed by atoms with Crippen molar-refractivity contribution in [1.29, 1.82) is 5.26 Å². The molecule has 0 spiro atoms. The second-order valence-corrected chi connectivity index (χ2v) is 4.46. The van der Waals surface area contributed by atoms with Crippen LogP contribution in [0.15, 0.2) is 24.3 Å². The van der Waals surface area contributed by atoms with Gasteiger partial charge in [0, 0.05) is 0 Å². The third-order valence-electron chi connectivity index (χ3n) is 2.95. The lowest BCUT2D eigenvalue weighted by molar-refractivity contribution is -0.145. The lowest BCUT2D eigenvalue weighted by atomic mass is 10.2. The number of fused-ring (bicyclic) bond motifs is 1. The predicted molar refractivity (Wildman–Crippen MR) is 75.3 cm³/mol. The fourth-order valence-corrected chi connectivity index (χ4v) is 2.11. The molecule has 0 atom stereocenters. The Morgan fingerprint density at radius 1 is 1.38 bits per heavy atom. The second-order valence-electron chi connectivity index (χ2n) is 4.46. The number of nitrogens with zero attached hydrogens (tertiary/aromatic N) is 3. The monoisotopic (exact) mass is 285 g/mol. The number of esters is 1. The van der Waals surface area contributed by atoms with E-state index in [1.54, 1.807) is 11.5 Å². The summed E-state index contributed by atoms with van der Waals surface area (Å²) in [7, 11) is 0. The van der Waals surface area contributed by atoms with E-state index >= 15 is 0 Å². The van der Waals surface area contributed by atoms with Crippen LogP contribution in [0.4, 0.5) is 0 Å². The number of ketones is 1. The van der Waals surface area contributed by atoms with Gasteiger partial charge >= 0.3 is 5.97 Å². The molecule has 2 aromatic rings. The summed E-state index contributed by atoms with van der Waals surface area (Å²) in [5.41, 5.74) is 1.51. The minimum atomic E-state index is -0.534. The fraction of sp³-hybridized carbons (Fsp3) is 0.333. The van der Waals surface area contributed by atoms with Gasteiger partial charge in [0.25, 0.3) is 0 Å². The zero-order valence-corrected chi connectivity index (χ0v) is 11.7. The number of nitriles is 1. The molecule has 0 unspecified atom stereocenters. The Morgan fingerprint density at radius 3 is 2.86 bits per heavy atom. The molecule has 1 aromatic heterocycles. The first-order chi connectivity index (χ1) is 10.2. The molecule has 0 bridgehead atoms. The summed E-state index contributed by atoms with van der Waals surface area (Å²) in [4.78, 5) is 27.6. The number of rotatable bonds is 6. The summed E-state index contributed by atoms with van der Waals surface area (Å²) in [6, 6.07) is 9.37. The van der Waals surface area contributed by atoms with Gasteiger partial charge in [-0.2, -0.15) is 5.26 Å². The van der Waals surface area contributed by atoms with Crippen molar-refractivity contribution in [2.75, 3.05) is 6.61 Å². The van der Waals surface area contributed by atoms with Crippen molar-refractivity contribution in [2.24, 2.45) is 0 Å². The van der Waals surface area contributed by atoms with Gasteiger partial charge in [0.1, 0.15) is 12.2 Å². The summed E-state index contributed by atoms with van der Waals surface area (Å²) < 4.78 is 6.44. The molecule has 0 saturated heterocycles. The first kappa shape index (κ1) is 14.7. The molecular formula is C15H15N3O3. The Morgan fingerprint density at radius 2 is 2.14 bits per heavy atom. The van der Waals surface area contributed by atoms with Gasteiger partial charge in [0.15, 0.2) is 5.78 Å². The van der Waals surface area contributed by atoms with Crippen molar-refractivity contribution in [3.8, 4) is 6.07 Å². The van der Waals surface area contributed by atoms with Crippen molar-refractivity contribution < 1.29 is 14.3 Å². The van der Waals surface area contributed by atoms with E-state index in [4.69, 9.17) is 10.00 Å². The van der Waals surface area contributed by atoms with Gasteiger partial charge in [-0.1, -0.05) is 12.1 Å². The smallest absolute Gasteiger partial charge is 0.313 e. The molecule has 21 heavy (non-hydrogen) atoms. The topological polar surface area (TPSA) is 85.0 Å². The molecule has 1 heterocycles. The van der Waals surface area contributed by atoms with E-state index in [1.807, 2.05) is 30.3 Å². The standard InChI is InChI=1S/C15H15N3O3/c1-2-21-15(20)9-11(19)10-18-13-6-4-3-5-12(13)17-14(18)7-8-16/h3-6H,2,7,9-10H2,1H3. The number of hydrogen-bond acceptors (Lipinski definition) is 5. The molecule has 0 aliphatic heterocycles. The molecule has 0 fully saturated rings. The van der Waals surface area contributed by atoms with Crippen LogP contribution in [0.25, 0.3) is 11.0 Å². The number of imidazole rings is 1. The molecule has 0 N–H and O–H groups in total. The van der Waals surface area contributed by atoms with Crippen LogP contribution in [-0.2, 0) is 27.3 Å².